The van der Waals surface area contributed by atoms with Gasteiger partial charge in [0.05, 0.1) is 0 Å². The summed E-state index contributed by atoms with van der Waals surface area (Å²) in [5.41, 5.74) is 9.30. The number of hydrogen-bond donors (Lipinski definition) is 2. The van der Waals surface area contributed by atoms with Crippen LogP contribution in [-0.4, -0.2) is 18.4 Å². The molecule has 0 unspecified atom stereocenters. The summed E-state index contributed by atoms with van der Waals surface area (Å²) >= 11 is 0. The van der Waals surface area contributed by atoms with Crippen LogP contribution in [-0.2, 0) is 16.0 Å². The van der Waals surface area contributed by atoms with E-state index in [1.807, 2.05) is 63.2 Å². The summed E-state index contributed by atoms with van der Waals surface area (Å²) in [7, 11) is 0. The fourth-order valence-electron chi connectivity index (χ4n) is 2.20. The molecule has 132 valence electrons. The Morgan fingerprint density at radius 2 is 1.56 bits per heavy atom. The lowest BCUT2D eigenvalue weighted by Crippen LogP contribution is -2.43. The molecule has 0 aliphatic heterocycles. The van der Waals surface area contributed by atoms with Gasteiger partial charge in [-0.25, -0.2) is 0 Å². The molecular formula is C20H24N2O3. The first-order valence-electron chi connectivity index (χ1n) is 8.27. The number of ether oxygens (including phenoxy) is 1. The molecule has 2 amide bonds. The Bertz CT molecular complexity index is 739. The molecule has 2 aromatic carbocycles. The Kier molecular flexibility index (Phi) is 6.57. The number of nitrogens with one attached hydrogen (secondary N) is 2. The van der Waals surface area contributed by atoms with Gasteiger partial charge in [0.15, 0.2) is 6.61 Å². The van der Waals surface area contributed by atoms with Crippen LogP contribution in [0.5, 0.6) is 5.75 Å². The highest BCUT2D eigenvalue weighted by molar-refractivity contribution is 5.82. The van der Waals surface area contributed by atoms with Crippen LogP contribution >= 0.6 is 0 Å². The topological polar surface area (TPSA) is 67.4 Å². The smallest absolute Gasteiger partial charge is 0.276 e. The van der Waals surface area contributed by atoms with Crippen LogP contribution in [0.3, 0.4) is 0 Å². The lowest BCUT2D eigenvalue weighted by atomic mass is 10.1. The molecule has 0 bridgehead atoms. The van der Waals surface area contributed by atoms with Crippen LogP contribution < -0.4 is 15.6 Å². The molecule has 0 heterocycles. The van der Waals surface area contributed by atoms with E-state index in [9.17, 15) is 9.59 Å². The highest BCUT2D eigenvalue weighted by Crippen LogP contribution is 2.16. The minimum atomic E-state index is -0.401. The summed E-state index contributed by atoms with van der Waals surface area (Å²) in [4.78, 5) is 23.5. The molecule has 0 spiro atoms. The average molecular weight is 340 g/mol. The fourth-order valence-corrected chi connectivity index (χ4v) is 2.20. The third-order valence-electron chi connectivity index (χ3n) is 3.95. The van der Waals surface area contributed by atoms with Crippen LogP contribution in [0.2, 0.25) is 0 Å². The van der Waals surface area contributed by atoms with E-state index in [0.29, 0.717) is 18.6 Å². The number of hydrogen-bond acceptors (Lipinski definition) is 3. The van der Waals surface area contributed by atoms with E-state index in [2.05, 4.69) is 10.9 Å². The van der Waals surface area contributed by atoms with E-state index in [1.165, 1.54) is 5.56 Å². The van der Waals surface area contributed by atoms with E-state index in [0.717, 1.165) is 16.7 Å². The second-order valence-corrected chi connectivity index (χ2v) is 6.12. The van der Waals surface area contributed by atoms with E-state index < -0.39 is 5.91 Å². The predicted molar refractivity (Wildman–Crippen MR) is 97.2 cm³/mol. The number of benzene rings is 2. The lowest BCUT2D eigenvalue weighted by Gasteiger charge is -2.10. The number of carbonyl (C=O) groups excluding carboxylic acids is 2. The number of rotatable bonds is 6. The largest absolute Gasteiger partial charge is 0.484 e. The molecule has 0 saturated heterocycles. The van der Waals surface area contributed by atoms with Gasteiger partial charge in [-0.2, -0.15) is 0 Å². The van der Waals surface area contributed by atoms with Gasteiger partial charge in [0.1, 0.15) is 5.75 Å². The maximum absolute atomic E-state index is 11.8. The summed E-state index contributed by atoms with van der Waals surface area (Å²) in [6, 6.07) is 13.7. The minimum absolute atomic E-state index is 0.152. The van der Waals surface area contributed by atoms with Crippen LogP contribution in [0.25, 0.3) is 0 Å². The molecule has 2 N–H and O–H groups in total. The first-order valence-corrected chi connectivity index (χ1v) is 8.27. The van der Waals surface area contributed by atoms with Gasteiger partial charge >= 0.3 is 0 Å². The molecule has 0 aliphatic carbocycles. The third kappa shape index (κ3) is 6.30. The van der Waals surface area contributed by atoms with Crippen molar-refractivity contribution in [1.29, 1.82) is 0 Å². The van der Waals surface area contributed by atoms with Gasteiger partial charge < -0.3 is 4.74 Å². The van der Waals surface area contributed by atoms with Crippen molar-refractivity contribution in [1.82, 2.24) is 10.9 Å². The number of aryl methyl sites for hydroxylation is 4. The van der Waals surface area contributed by atoms with E-state index in [-0.39, 0.29) is 12.5 Å². The Morgan fingerprint density at radius 1 is 0.880 bits per heavy atom. The molecule has 25 heavy (non-hydrogen) atoms. The van der Waals surface area contributed by atoms with Crippen molar-refractivity contribution < 1.29 is 14.3 Å². The standard InChI is InChI=1S/C20H24N2O3/c1-14-4-7-17(8-5-14)9-11-19(23)21-22-20(24)13-25-18-10-6-15(2)16(3)12-18/h4-8,10,12H,9,11,13H2,1-3H3,(H,21,23)(H,22,24). The molecule has 5 heteroatoms. The summed E-state index contributed by atoms with van der Waals surface area (Å²) in [6.45, 7) is 5.86. The number of amides is 2. The van der Waals surface area contributed by atoms with Gasteiger partial charge in [0.25, 0.3) is 5.91 Å². The normalized spacial score (nSPS) is 10.2. The van der Waals surface area contributed by atoms with E-state index in [1.54, 1.807) is 0 Å². The number of carbonyl (C=O) groups is 2. The maximum atomic E-state index is 11.8. The van der Waals surface area contributed by atoms with Crippen LogP contribution in [0, 0.1) is 20.8 Å². The third-order valence-corrected chi connectivity index (χ3v) is 3.95. The molecule has 2 aromatic rings. The zero-order valence-electron chi connectivity index (χ0n) is 14.9. The van der Waals surface area contributed by atoms with Gasteiger partial charge in [0, 0.05) is 6.42 Å². The fraction of sp³-hybridized carbons (Fsp3) is 0.300. The van der Waals surface area contributed by atoms with Crippen molar-refractivity contribution in [2.24, 2.45) is 0 Å². The monoisotopic (exact) mass is 340 g/mol. The Morgan fingerprint density at radius 3 is 2.24 bits per heavy atom. The summed E-state index contributed by atoms with van der Waals surface area (Å²) in [6.07, 6.45) is 0.933. The molecule has 0 saturated carbocycles. The molecule has 0 aliphatic rings. The van der Waals surface area contributed by atoms with Gasteiger partial charge in [-0.15, -0.1) is 0 Å². The van der Waals surface area contributed by atoms with Gasteiger partial charge in [-0.05, 0) is 56.0 Å². The molecule has 0 aromatic heterocycles. The van der Waals surface area contributed by atoms with Crippen LogP contribution in [0.15, 0.2) is 42.5 Å². The van der Waals surface area contributed by atoms with Crippen LogP contribution in [0.4, 0.5) is 0 Å². The Hall–Kier alpha value is -2.82. The second-order valence-electron chi connectivity index (χ2n) is 6.12. The minimum Gasteiger partial charge on any atom is -0.484 e. The molecule has 0 atom stereocenters. The molecular weight excluding hydrogens is 316 g/mol. The van der Waals surface area contributed by atoms with Crippen LogP contribution in [0.1, 0.15) is 28.7 Å². The zero-order chi connectivity index (χ0) is 18.2. The number of hydrazine groups is 1. The zero-order valence-corrected chi connectivity index (χ0v) is 14.9. The summed E-state index contributed by atoms with van der Waals surface area (Å²) in [5, 5.41) is 0. The molecule has 2 rings (SSSR count). The highest BCUT2D eigenvalue weighted by atomic mass is 16.5. The first kappa shape index (κ1) is 18.5. The Labute approximate surface area is 148 Å². The average Bonchev–Trinajstić information content (AvgIpc) is 2.60. The van der Waals surface area contributed by atoms with Gasteiger partial charge in [0.2, 0.25) is 5.91 Å². The van der Waals surface area contributed by atoms with Gasteiger partial charge in [-0.1, -0.05) is 35.9 Å². The van der Waals surface area contributed by atoms with Crippen molar-refractivity contribution in [3.8, 4) is 5.75 Å². The SMILES string of the molecule is Cc1ccc(CCC(=O)NNC(=O)COc2ccc(C)c(C)c2)cc1. The van der Waals surface area contributed by atoms with Crippen molar-refractivity contribution in [2.75, 3.05) is 6.61 Å². The van der Waals surface area contributed by atoms with Crippen molar-refractivity contribution >= 4 is 11.8 Å². The Balaban J connectivity index is 1.67. The molecule has 5 nitrogen and oxygen atoms in total. The predicted octanol–water partition coefficient (Wildman–Crippen LogP) is 2.77. The summed E-state index contributed by atoms with van der Waals surface area (Å²) in [5.74, 6) is -0.00836. The van der Waals surface area contributed by atoms with Crippen molar-refractivity contribution in [2.45, 2.75) is 33.6 Å². The van der Waals surface area contributed by atoms with Crippen molar-refractivity contribution in [3.63, 3.8) is 0 Å². The molecule has 0 radical (unpaired) electrons. The highest BCUT2D eigenvalue weighted by Gasteiger charge is 2.06. The first-order chi connectivity index (χ1) is 11.9. The lowest BCUT2D eigenvalue weighted by molar-refractivity contribution is -0.130. The van der Waals surface area contributed by atoms with E-state index in [4.69, 9.17) is 4.74 Å². The molecule has 0 fully saturated rings. The maximum Gasteiger partial charge on any atom is 0.276 e. The second kappa shape index (κ2) is 8.87. The van der Waals surface area contributed by atoms with E-state index >= 15 is 0 Å². The van der Waals surface area contributed by atoms with Crippen molar-refractivity contribution in [3.05, 3.63) is 64.7 Å². The quantitative estimate of drug-likeness (QED) is 0.795. The van der Waals surface area contributed by atoms with Gasteiger partial charge in [-0.3, -0.25) is 20.4 Å². The summed E-state index contributed by atoms with van der Waals surface area (Å²) < 4.78 is 5.41.